The Balaban J connectivity index is 1.52. The molecule has 1 aromatic rings. The normalized spacial score (nSPS) is 32.3. The Kier molecular flexibility index (Phi) is 3.99. The number of piperazine rings is 1. The van der Waals surface area contributed by atoms with Crippen LogP contribution in [0.5, 0.6) is 0 Å². The molecule has 0 aromatic heterocycles. The van der Waals surface area contributed by atoms with E-state index in [0.717, 1.165) is 19.1 Å². The molecular weight excluding hydrogens is 246 g/mol. The lowest BCUT2D eigenvalue weighted by atomic mass is 9.81. The third-order valence-electron chi connectivity index (χ3n) is 5.05. The predicted molar refractivity (Wildman–Crippen MR) is 85.1 cm³/mol. The van der Waals surface area contributed by atoms with Gasteiger partial charge in [-0.2, -0.15) is 0 Å². The van der Waals surface area contributed by atoms with E-state index in [1.807, 2.05) is 0 Å². The van der Waals surface area contributed by atoms with E-state index in [4.69, 9.17) is 5.73 Å². The molecule has 0 atom stereocenters. The molecule has 1 aliphatic heterocycles. The molecule has 0 spiro atoms. The van der Waals surface area contributed by atoms with E-state index in [0.29, 0.717) is 0 Å². The predicted octanol–water partition coefficient (Wildman–Crippen LogP) is 2.47. The largest absolute Gasteiger partial charge is 0.369 e. The molecule has 0 radical (unpaired) electrons. The van der Waals surface area contributed by atoms with Crippen molar-refractivity contribution in [3.63, 3.8) is 0 Å². The molecule has 110 valence electrons. The van der Waals surface area contributed by atoms with Crippen LogP contribution in [0.2, 0.25) is 0 Å². The summed E-state index contributed by atoms with van der Waals surface area (Å²) in [5.74, 6) is 0. The number of para-hydroxylation sites is 1. The van der Waals surface area contributed by atoms with Crippen LogP contribution >= 0.6 is 0 Å². The maximum Gasteiger partial charge on any atom is 0.0367 e. The highest BCUT2D eigenvalue weighted by atomic mass is 15.3. The summed E-state index contributed by atoms with van der Waals surface area (Å²) < 4.78 is 0. The van der Waals surface area contributed by atoms with Crippen molar-refractivity contribution in [1.82, 2.24) is 4.90 Å². The summed E-state index contributed by atoms with van der Waals surface area (Å²) in [4.78, 5) is 5.20. The van der Waals surface area contributed by atoms with Gasteiger partial charge >= 0.3 is 0 Å². The minimum Gasteiger partial charge on any atom is -0.369 e. The Labute approximate surface area is 122 Å². The summed E-state index contributed by atoms with van der Waals surface area (Å²) in [6.45, 7) is 6.90. The molecule has 1 saturated carbocycles. The van der Waals surface area contributed by atoms with Crippen molar-refractivity contribution in [2.75, 3.05) is 31.1 Å². The van der Waals surface area contributed by atoms with Crippen molar-refractivity contribution in [3.8, 4) is 0 Å². The first kappa shape index (κ1) is 13.9. The molecule has 0 bridgehead atoms. The molecular formula is C17H27N3. The molecule has 0 unspecified atom stereocenters. The quantitative estimate of drug-likeness (QED) is 0.898. The summed E-state index contributed by atoms with van der Waals surface area (Å²) >= 11 is 0. The van der Waals surface area contributed by atoms with Gasteiger partial charge < -0.3 is 10.6 Å². The Morgan fingerprint density at radius 3 is 2.20 bits per heavy atom. The van der Waals surface area contributed by atoms with Gasteiger partial charge in [0.25, 0.3) is 0 Å². The lowest BCUT2D eigenvalue weighted by Gasteiger charge is -2.44. The van der Waals surface area contributed by atoms with E-state index in [1.54, 1.807) is 0 Å². The van der Waals surface area contributed by atoms with Gasteiger partial charge in [0.15, 0.2) is 0 Å². The highest BCUT2D eigenvalue weighted by Crippen LogP contribution is 2.29. The SMILES string of the molecule is CC1(N)CCC(N2CCN(c3ccccc3)CC2)CC1. The summed E-state index contributed by atoms with van der Waals surface area (Å²) in [6, 6.07) is 11.6. The molecule has 1 saturated heterocycles. The monoisotopic (exact) mass is 273 g/mol. The zero-order valence-corrected chi connectivity index (χ0v) is 12.6. The van der Waals surface area contributed by atoms with Gasteiger partial charge in [0, 0.05) is 43.4 Å². The van der Waals surface area contributed by atoms with Gasteiger partial charge in [0.2, 0.25) is 0 Å². The molecule has 2 N–H and O–H groups in total. The van der Waals surface area contributed by atoms with Crippen LogP contribution in [-0.4, -0.2) is 42.7 Å². The molecule has 2 aliphatic rings. The van der Waals surface area contributed by atoms with Crippen molar-refractivity contribution in [1.29, 1.82) is 0 Å². The van der Waals surface area contributed by atoms with E-state index >= 15 is 0 Å². The van der Waals surface area contributed by atoms with Crippen LogP contribution < -0.4 is 10.6 Å². The van der Waals surface area contributed by atoms with Crippen molar-refractivity contribution in [2.24, 2.45) is 5.73 Å². The fourth-order valence-electron chi connectivity index (χ4n) is 3.61. The molecule has 3 heteroatoms. The van der Waals surface area contributed by atoms with E-state index < -0.39 is 0 Å². The number of nitrogens with two attached hydrogens (primary N) is 1. The summed E-state index contributed by atoms with van der Waals surface area (Å²) in [5, 5.41) is 0. The second-order valence-corrected chi connectivity index (χ2v) is 6.74. The van der Waals surface area contributed by atoms with Crippen LogP contribution in [0.3, 0.4) is 0 Å². The molecule has 1 aromatic carbocycles. The Morgan fingerprint density at radius 2 is 1.60 bits per heavy atom. The van der Waals surface area contributed by atoms with Gasteiger partial charge in [-0.15, -0.1) is 0 Å². The van der Waals surface area contributed by atoms with Gasteiger partial charge in [0.05, 0.1) is 0 Å². The van der Waals surface area contributed by atoms with Gasteiger partial charge in [-0.3, -0.25) is 4.90 Å². The zero-order valence-electron chi connectivity index (χ0n) is 12.6. The average Bonchev–Trinajstić information content (AvgIpc) is 2.48. The second-order valence-electron chi connectivity index (χ2n) is 6.74. The molecule has 3 rings (SSSR count). The molecule has 1 aliphatic carbocycles. The third-order valence-corrected chi connectivity index (χ3v) is 5.05. The smallest absolute Gasteiger partial charge is 0.0367 e. The van der Waals surface area contributed by atoms with Gasteiger partial charge in [-0.25, -0.2) is 0 Å². The third kappa shape index (κ3) is 3.15. The van der Waals surface area contributed by atoms with Crippen molar-refractivity contribution < 1.29 is 0 Å². The van der Waals surface area contributed by atoms with Crippen LogP contribution in [0.15, 0.2) is 30.3 Å². The first-order chi connectivity index (χ1) is 9.64. The number of hydrogen-bond acceptors (Lipinski definition) is 3. The minimum atomic E-state index is 0.0857. The maximum absolute atomic E-state index is 6.24. The summed E-state index contributed by atoms with van der Waals surface area (Å²) in [7, 11) is 0. The molecule has 0 amide bonds. The molecule has 2 fully saturated rings. The van der Waals surface area contributed by atoms with Crippen LogP contribution in [-0.2, 0) is 0 Å². The van der Waals surface area contributed by atoms with Crippen LogP contribution in [0.1, 0.15) is 32.6 Å². The molecule has 20 heavy (non-hydrogen) atoms. The van der Waals surface area contributed by atoms with Crippen molar-refractivity contribution >= 4 is 5.69 Å². The number of hydrogen-bond donors (Lipinski definition) is 1. The average molecular weight is 273 g/mol. The number of nitrogens with zero attached hydrogens (tertiary/aromatic N) is 2. The Bertz CT molecular complexity index is 411. The Hall–Kier alpha value is -1.06. The summed E-state index contributed by atoms with van der Waals surface area (Å²) in [6.07, 6.45) is 4.91. The number of benzene rings is 1. The van der Waals surface area contributed by atoms with E-state index in [-0.39, 0.29) is 5.54 Å². The molecule has 3 nitrogen and oxygen atoms in total. The highest BCUT2D eigenvalue weighted by Gasteiger charge is 2.31. The minimum absolute atomic E-state index is 0.0857. The van der Waals surface area contributed by atoms with Crippen LogP contribution in [0, 0.1) is 0 Å². The van der Waals surface area contributed by atoms with Gasteiger partial charge in [0.1, 0.15) is 0 Å². The maximum atomic E-state index is 6.24. The first-order valence-electron chi connectivity index (χ1n) is 7.97. The Morgan fingerprint density at radius 1 is 1.00 bits per heavy atom. The van der Waals surface area contributed by atoms with E-state index in [9.17, 15) is 0 Å². The number of rotatable bonds is 2. The zero-order chi connectivity index (χ0) is 14.0. The van der Waals surface area contributed by atoms with E-state index in [1.165, 1.54) is 44.5 Å². The highest BCUT2D eigenvalue weighted by molar-refractivity contribution is 5.46. The second kappa shape index (κ2) is 5.74. The summed E-state index contributed by atoms with van der Waals surface area (Å²) in [5.41, 5.74) is 7.69. The fraction of sp³-hybridized carbons (Fsp3) is 0.647. The lowest BCUT2D eigenvalue weighted by Crippen LogP contribution is -2.53. The topological polar surface area (TPSA) is 32.5 Å². The molecule has 1 heterocycles. The fourth-order valence-corrected chi connectivity index (χ4v) is 3.61. The number of anilines is 1. The van der Waals surface area contributed by atoms with Crippen LogP contribution in [0.4, 0.5) is 5.69 Å². The lowest BCUT2D eigenvalue weighted by molar-refractivity contribution is 0.123. The standard InChI is InChI=1S/C17H27N3/c1-17(18)9-7-16(8-10-17)20-13-11-19(12-14-20)15-5-3-2-4-6-15/h2-6,16H,7-14,18H2,1H3. The first-order valence-corrected chi connectivity index (χ1v) is 7.97. The van der Waals surface area contributed by atoms with Crippen LogP contribution in [0.25, 0.3) is 0 Å². The van der Waals surface area contributed by atoms with Gasteiger partial charge in [-0.05, 0) is 44.7 Å². The van der Waals surface area contributed by atoms with E-state index in [2.05, 4.69) is 47.1 Å². The van der Waals surface area contributed by atoms with Crippen molar-refractivity contribution in [3.05, 3.63) is 30.3 Å². The van der Waals surface area contributed by atoms with Crippen molar-refractivity contribution in [2.45, 2.75) is 44.2 Å². The van der Waals surface area contributed by atoms with Gasteiger partial charge in [-0.1, -0.05) is 18.2 Å².